The Hall–Kier alpha value is -1.13. The Morgan fingerprint density at radius 2 is 2.12 bits per heavy atom. The van der Waals surface area contributed by atoms with E-state index in [1.807, 2.05) is 14.1 Å². The maximum Gasteiger partial charge on any atom is 0.123 e. The van der Waals surface area contributed by atoms with Gasteiger partial charge in [0, 0.05) is 24.7 Å². The zero-order valence-electron chi connectivity index (χ0n) is 10.00. The quantitative estimate of drug-likeness (QED) is 0.800. The molecule has 0 radical (unpaired) electrons. The van der Waals surface area contributed by atoms with E-state index in [2.05, 4.69) is 17.1 Å². The van der Waals surface area contributed by atoms with Crippen molar-refractivity contribution in [3.8, 4) is 5.75 Å². The lowest BCUT2D eigenvalue weighted by molar-refractivity contribution is 0.347. The molecule has 4 heteroatoms. The molecule has 2 N–H and O–H groups in total. The van der Waals surface area contributed by atoms with Gasteiger partial charge in [-0.05, 0) is 39.2 Å². The minimum Gasteiger partial charge on any atom is -0.508 e. The van der Waals surface area contributed by atoms with Crippen LogP contribution in [-0.2, 0) is 6.54 Å². The first kappa shape index (κ1) is 12.9. The summed E-state index contributed by atoms with van der Waals surface area (Å²) < 4.78 is 12.9. The Bertz CT molecular complexity index is 342. The summed E-state index contributed by atoms with van der Waals surface area (Å²) in [7, 11) is 4.00. The van der Waals surface area contributed by atoms with Crippen molar-refractivity contribution in [2.24, 2.45) is 0 Å². The highest BCUT2D eigenvalue weighted by atomic mass is 19.1. The smallest absolute Gasteiger partial charge is 0.123 e. The molecule has 1 unspecified atom stereocenters. The summed E-state index contributed by atoms with van der Waals surface area (Å²) >= 11 is 0. The molecule has 0 saturated heterocycles. The summed E-state index contributed by atoms with van der Waals surface area (Å²) in [4.78, 5) is 2.07. The van der Waals surface area contributed by atoms with E-state index in [-0.39, 0.29) is 17.6 Å². The molecular formula is C12H19FN2O. The second-order valence-corrected chi connectivity index (χ2v) is 4.32. The van der Waals surface area contributed by atoms with E-state index >= 15 is 0 Å². The lowest BCUT2D eigenvalue weighted by Gasteiger charge is -2.18. The minimum absolute atomic E-state index is 0.131. The summed E-state index contributed by atoms with van der Waals surface area (Å²) in [5.74, 6) is -0.194. The molecule has 1 aromatic rings. The van der Waals surface area contributed by atoms with E-state index in [9.17, 15) is 9.50 Å². The number of nitrogens with zero attached hydrogens (tertiary/aromatic N) is 1. The molecule has 0 aliphatic carbocycles. The number of rotatable bonds is 5. The first-order valence-electron chi connectivity index (χ1n) is 5.34. The van der Waals surface area contributed by atoms with E-state index < -0.39 is 0 Å². The van der Waals surface area contributed by atoms with Gasteiger partial charge in [-0.15, -0.1) is 0 Å². The molecule has 1 rings (SSSR count). The van der Waals surface area contributed by atoms with Crippen molar-refractivity contribution < 1.29 is 9.50 Å². The third kappa shape index (κ3) is 4.16. The Labute approximate surface area is 95.9 Å². The van der Waals surface area contributed by atoms with Crippen LogP contribution in [0.1, 0.15) is 12.5 Å². The Morgan fingerprint density at radius 1 is 1.44 bits per heavy atom. The number of nitrogens with one attached hydrogen (secondary N) is 1. The molecule has 0 heterocycles. The zero-order chi connectivity index (χ0) is 12.1. The maximum absolute atomic E-state index is 12.9. The molecular weight excluding hydrogens is 207 g/mol. The number of halogens is 1. The van der Waals surface area contributed by atoms with E-state index in [0.29, 0.717) is 12.1 Å². The van der Waals surface area contributed by atoms with Crippen LogP contribution in [0.5, 0.6) is 5.75 Å². The van der Waals surface area contributed by atoms with Gasteiger partial charge in [-0.2, -0.15) is 0 Å². The van der Waals surface area contributed by atoms with Crippen LogP contribution in [0.15, 0.2) is 18.2 Å². The van der Waals surface area contributed by atoms with Crippen LogP contribution < -0.4 is 5.32 Å². The monoisotopic (exact) mass is 226 g/mol. The molecule has 16 heavy (non-hydrogen) atoms. The summed E-state index contributed by atoms with van der Waals surface area (Å²) in [5.41, 5.74) is 0.589. The van der Waals surface area contributed by atoms with Gasteiger partial charge in [0.1, 0.15) is 11.6 Å². The van der Waals surface area contributed by atoms with Gasteiger partial charge in [0.05, 0.1) is 0 Å². The third-order valence-corrected chi connectivity index (χ3v) is 2.32. The average molecular weight is 226 g/mol. The van der Waals surface area contributed by atoms with Crippen molar-refractivity contribution >= 4 is 0 Å². The van der Waals surface area contributed by atoms with Crippen molar-refractivity contribution in [1.29, 1.82) is 0 Å². The molecule has 0 fully saturated rings. The van der Waals surface area contributed by atoms with Gasteiger partial charge in [-0.1, -0.05) is 0 Å². The molecule has 0 aromatic heterocycles. The predicted molar refractivity (Wildman–Crippen MR) is 62.9 cm³/mol. The Balaban J connectivity index is 2.51. The zero-order valence-corrected chi connectivity index (χ0v) is 10.00. The highest BCUT2D eigenvalue weighted by Crippen LogP contribution is 2.17. The van der Waals surface area contributed by atoms with Gasteiger partial charge in [0.2, 0.25) is 0 Å². The van der Waals surface area contributed by atoms with Crippen LogP contribution in [0, 0.1) is 5.82 Å². The minimum atomic E-state index is -0.324. The van der Waals surface area contributed by atoms with Crippen LogP contribution in [-0.4, -0.2) is 36.7 Å². The lowest BCUT2D eigenvalue weighted by atomic mass is 10.2. The van der Waals surface area contributed by atoms with Gasteiger partial charge in [0.15, 0.2) is 0 Å². The van der Waals surface area contributed by atoms with Crippen molar-refractivity contribution in [3.05, 3.63) is 29.6 Å². The van der Waals surface area contributed by atoms with Crippen molar-refractivity contribution in [3.63, 3.8) is 0 Å². The molecule has 90 valence electrons. The SMILES string of the molecule is CC(CN(C)C)NCc1cc(F)ccc1O. The highest BCUT2D eigenvalue weighted by molar-refractivity contribution is 5.32. The van der Waals surface area contributed by atoms with Gasteiger partial charge >= 0.3 is 0 Å². The highest BCUT2D eigenvalue weighted by Gasteiger charge is 2.06. The fourth-order valence-electron chi connectivity index (χ4n) is 1.59. The molecule has 0 aliphatic rings. The molecule has 0 bridgehead atoms. The summed E-state index contributed by atoms with van der Waals surface area (Å²) in [6.45, 7) is 3.42. The van der Waals surface area contributed by atoms with E-state index in [1.165, 1.54) is 18.2 Å². The number of aromatic hydroxyl groups is 1. The van der Waals surface area contributed by atoms with E-state index in [0.717, 1.165) is 6.54 Å². The van der Waals surface area contributed by atoms with Gasteiger partial charge in [0.25, 0.3) is 0 Å². The molecule has 1 aromatic carbocycles. The number of phenolic OH excluding ortho intramolecular Hbond substituents is 1. The van der Waals surface area contributed by atoms with Crippen LogP contribution >= 0.6 is 0 Å². The number of phenols is 1. The van der Waals surface area contributed by atoms with E-state index in [1.54, 1.807) is 0 Å². The molecule has 0 amide bonds. The van der Waals surface area contributed by atoms with Gasteiger partial charge in [-0.25, -0.2) is 4.39 Å². The topological polar surface area (TPSA) is 35.5 Å². The molecule has 0 saturated carbocycles. The van der Waals surface area contributed by atoms with Crippen molar-refractivity contribution in [2.45, 2.75) is 19.5 Å². The Morgan fingerprint density at radius 3 is 2.75 bits per heavy atom. The van der Waals surface area contributed by atoms with Crippen LogP contribution in [0.2, 0.25) is 0 Å². The van der Waals surface area contributed by atoms with Crippen LogP contribution in [0.3, 0.4) is 0 Å². The van der Waals surface area contributed by atoms with Gasteiger partial charge in [-0.3, -0.25) is 0 Å². The largest absolute Gasteiger partial charge is 0.508 e. The summed E-state index contributed by atoms with van der Waals surface area (Å²) in [5, 5.41) is 12.7. The standard InChI is InChI=1S/C12H19FN2O/c1-9(8-15(2)3)14-7-10-6-11(13)4-5-12(10)16/h4-6,9,14,16H,7-8H2,1-3H3. The third-order valence-electron chi connectivity index (χ3n) is 2.32. The van der Waals surface area contributed by atoms with Crippen molar-refractivity contribution in [2.75, 3.05) is 20.6 Å². The lowest BCUT2D eigenvalue weighted by Crippen LogP contribution is -2.35. The number of likely N-dealkylation sites (N-methyl/N-ethyl adjacent to an activating group) is 1. The number of hydrogen-bond donors (Lipinski definition) is 2. The van der Waals surface area contributed by atoms with Gasteiger partial charge < -0.3 is 15.3 Å². The van der Waals surface area contributed by atoms with Crippen LogP contribution in [0.4, 0.5) is 4.39 Å². The average Bonchev–Trinajstić information content (AvgIpc) is 2.18. The van der Waals surface area contributed by atoms with Crippen LogP contribution in [0.25, 0.3) is 0 Å². The molecule has 0 aliphatic heterocycles. The molecule has 3 nitrogen and oxygen atoms in total. The number of benzene rings is 1. The molecule has 0 spiro atoms. The number of hydrogen-bond acceptors (Lipinski definition) is 3. The maximum atomic E-state index is 12.9. The summed E-state index contributed by atoms with van der Waals surface area (Å²) in [6.07, 6.45) is 0. The first-order chi connectivity index (χ1) is 7.49. The fraction of sp³-hybridized carbons (Fsp3) is 0.500. The summed E-state index contributed by atoms with van der Waals surface area (Å²) in [6, 6.07) is 4.27. The van der Waals surface area contributed by atoms with E-state index in [4.69, 9.17) is 0 Å². The normalized spacial score (nSPS) is 13.1. The second-order valence-electron chi connectivity index (χ2n) is 4.32. The second kappa shape index (κ2) is 5.82. The predicted octanol–water partition coefficient (Wildman–Crippen LogP) is 1.57. The first-order valence-corrected chi connectivity index (χ1v) is 5.34. The Kier molecular flexibility index (Phi) is 4.71. The van der Waals surface area contributed by atoms with Crippen molar-refractivity contribution in [1.82, 2.24) is 10.2 Å². The molecule has 1 atom stereocenters. The fourth-order valence-corrected chi connectivity index (χ4v) is 1.59.